The molecule has 0 spiro atoms. The summed E-state index contributed by atoms with van der Waals surface area (Å²) in [4.78, 5) is 0.159. The van der Waals surface area contributed by atoms with Gasteiger partial charge in [-0.1, -0.05) is 22.4 Å². The monoisotopic (exact) mass is 378 g/mol. The smallest absolute Gasteiger partial charge is 0.242 e. The lowest BCUT2D eigenvalue weighted by Crippen LogP contribution is -2.39. The minimum absolute atomic E-state index is 0.00856. The molecule has 3 N–H and O–H groups in total. The van der Waals surface area contributed by atoms with Crippen molar-refractivity contribution in [2.45, 2.75) is 41.9 Å². The number of thioether (sulfide) groups is 1. The summed E-state index contributed by atoms with van der Waals surface area (Å²) >= 11 is 5.09. The van der Waals surface area contributed by atoms with Gasteiger partial charge >= 0.3 is 0 Å². The highest BCUT2D eigenvalue weighted by molar-refractivity contribution is 9.10. The molecule has 0 aromatic heterocycles. The van der Waals surface area contributed by atoms with Crippen LogP contribution in [0.3, 0.4) is 0 Å². The molecule has 1 aliphatic carbocycles. The molecular formula is C13H19BrN2O2S2. The van der Waals surface area contributed by atoms with Gasteiger partial charge in [0.1, 0.15) is 4.90 Å². The zero-order valence-electron chi connectivity index (χ0n) is 11.3. The molecule has 0 radical (unpaired) electrons. The van der Waals surface area contributed by atoms with E-state index in [0.29, 0.717) is 5.25 Å². The van der Waals surface area contributed by atoms with Crippen LogP contribution >= 0.6 is 27.7 Å². The fourth-order valence-corrected chi connectivity index (χ4v) is 5.12. The number of nitrogen functional groups attached to an aromatic ring is 1. The largest absolute Gasteiger partial charge is 0.398 e. The van der Waals surface area contributed by atoms with Crippen molar-refractivity contribution in [2.24, 2.45) is 0 Å². The van der Waals surface area contributed by atoms with E-state index in [9.17, 15) is 8.42 Å². The Morgan fingerprint density at radius 2 is 2.15 bits per heavy atom. The third kappa shape index (κ3) is 3.90. The number of nitrogens with two attached hydrogens (primary N) is 1. The van der Waals surface area contributed by atoms with Crippen molar-refractivity contribution in [3.8, 4) is 0 Å². The van der Waals surface area contributed by atoms with Crippen LogP contribution in [0.5, 0.6) is 0 Å². The Kier molecular flexibility index (Phi) is 5.39. The molecule has 0 aliphatic heterocycles. The van der Waals surface area contributed by atoms with Crippen molar-refractivity contribution >= 4 is 43.4 Å². The highest BCUT2D eigenvalue weighted by Gasteiger charge is 2.27. The molecule has 1 saturated carbocycles. The van der Waals surface area contributed by atoms with E-state index in [1.807, 2.05) is 11.8 Å². The van der Waals surface area contributed by atoms with Crippen LogP contribution in [0, 0.1) is 0 Å². The summed E-state index contributed by atoms with van der Waals surface area (Å²) in [6, 6.07) is 4.85. The minimum atomic E-state index is -3.54. The fraction of sp³-hybridized carbons (Fsp3) is 0.538. The Hall–Kier alpha value is -0.240. The summed E-state index contributed by atoms with van der Waals surface area (Å²) in [5.41, 5.74) is 6.08. The molecule has 2 rings (SSSR count). The third-order valence-electron chi connectivity index (χ3n) is 3.54. The van der Waals surface area contributed by atoms with Gasteiger partial charge in [-0.15, -0.1) is 0 Å². The van der Waals surface area contributed by atoms with E-state index >= 15 is 0 Å². The Morgan fingerprint density at radius 3 is 2.80 bits per heavy atom. The Balaban J connectivity index is 2.14. The van der Waals surface area contributed by atoms with Crippen LogP contribution in [0.15, 0.2) is 27.6 Å². The molecule has 1 aromatic carbocycles. The lowest BCUT2D eigenvalue weighted by molar-refractivity contribution is 0.421. The second kappa shape index (κ2) is 6.68. The average Bonchev–Trinajstić information content (AvgIpc) is 2.37. The fourth-order valence-electron chi connectivity index (χ4n) is 2.51. The number of anilines is 1. The number of rotatable bonds is 4. The second-order valence-electron chi connectivity index (χ2n) is 5.02. The summed E-state index contributed by atoms with van der Waals surface area (Å²) in [5, 5.41) is 0.540. The summed E-state index contributed by atoms with van der Waals surface area (Å²) in [5.74, 6) is 0. The maximum atomic E-state index is 12.4. The van der Waals surface area contributed by atoms with E-state index in [-0.39, 0.29) is 16.6 Å². The van der Waals surface area contributed by atoms with E-state index in [1.165, 1.54) is 12.5 Å². The molecule has 4 nitrogen and oxygen atoms in total. The highest BCUT2D eigenvalue weighted by atomic mass is 79.9. The van der Waals surface area contributed by atoms with Crippen LogP contribution < -0.4 is 10.5 Å². The first-order valence-corrected chi connectivity index (χ1v) is 10.1. The first kappa shape index (κ1) is 16.1. The zero-order valence-corrected chi connectivity index (χ0v) is 14.5. The van der Waals surface area contributed by atoms with Crippen molar-refractivity contribution in [3.63, 3.8) is 0 Å². The molecule has 20 heavy (non-hydrogen) atoms. The Labute approximate surface area is 133 Å². The Morgan fingerprint density at radius 1 is 1.40 bits per heavy atom. The van der Waals surface area contributed by atoms with Crippen LogP contribution in [-0.4, -0.2) is 26.0 Å². The van der Waals surface area contributed by atoms with E-state index < -0.39 is 10.0 Å². The van der Waals surface area contributed by atoms with E-state index in [1.54, 1.807) is 12.1 Å². The van der Waals surface area contributed by atoms with Gasteiger partial charge < -0.3 is 5.73 Å². The Bertz CT molecular complexity index is 578. The maximum Gasteiger partial charge on any atom is 0.242 e. The highest BCUT2D eigenvalue weighted by Crippen LogP contribution is 2.29. The number of sulfonamides is 1. The average molecular weight is 379 g/mol. The standard InChI is InChI=1S/C13H19BrN2O2S2/c1-19-11-4-2-3-10(8-11)16-20(17,18)13-6-5-9(14)7-12(13)15/h5-7,10-11,16H,2-4,8,15H2,1H3. The van der Waals surface area contributed by atoms with Crippen molar-refractivity contribution in [1.29, 1.82) is 0 Å². The van der Waals surface area contributed by atoms with Crippen LogP contribution in [0.2, 0.25) is 0 Å². The van der Waals surface area contributed by atoms with Crippen LogP contribution in [0.1, 0.15) is 25.7 Å². The predicted molar refractivity (Wildman–Crippen MR) is 88.4 cm³/mol. The number of halogens is 1. The summed E-state index contributed by atoms with van der Waals surface area (Å²) in [6.07, 6.45) is 6.09. The molecule has 2 atom stereocenters. The van der Waals surface area contributed by atoms with Gasteiger partial charge in [0.15, 0.2) is 0 Å². The van der Waals surface area contributed by atoms with E-state index in [0.717, 1.165) is 23.7 Å². The van der Waals surface area contributed by atoms with Crippen LogP contribution in [0.25, 0.3) is 0 Å². The van der Waals surface area contributed by atoms with Gasteiger partial charge in [0.25, 0.3) is 0 Å². The quantitative estimate of drug-likeness (QED) is 0.789. The first-order valence-electron chi connectivity index (χ1n) is 6.52. The van der Waals surface area contributed by atoms with E-state index in [2.05, 4.69) is 26.9 Å². The van der Waals surface area contributed by atoms with Crippen molar-refractivity contribution < 1.29 is 8.42 Å². The zero-order chi connectivity index (χ0) is 14.8. The normalized spacial score (nSPS) is 23.7. The van der Waals surface area contributed by atoms with Gasteiger partial charge in [0.2, 0.25) is 10.0 Å². The summed E-state index contributed by atoms with van der Waals surface area (Å²) in [7, 11) is -3.54. The molecule has 1 fully saturated rings. The SMILES string of the molecule is CSC1CCCC(NS(=O)(=O)c2ccc(Br)cc2N)C1. The van der Waals surface area contributed by atoms with Gasteiger partial charge in [-0.05, 0) is 43.7 Å². The van der Waals surface area contributed by atoms with Crippen LogP contribution in [0.4, 0.5) is 5.69 Å². The van der Waals surface area contributed by atoms with Gasteiger partial charge in [-0.2, -0.15) is 11.8 Å². The summed E-state index contributed by atoms with van der Waals surface area (Å²) < 4.78 is 28.4. The lowest BCUT2D eigenvalue weighted by atomic mass is 9.96. The molecule has 112 valence electrons. The third-order valence-corrected chi connectivity index (χ3v) is 6.73. The second-order valence-corrected chi connectivity index (χ2v) is 8.76. The molecule has 0 heterocycles. The molecule has 1 aromatic rings. The summed E-state index contributed by atoms with van der Waals surface area (Å²) in [6.45, 7) is 0. The van der Waals surface area contributed by atoms with Gasteiger partial charge in [-0.25, -0.2) is 13.1 Å². The first-order chi connectivity index (χ1) is 9.42. The molecule has 2 unspecified atom stereocenters. The number of hydrogen-bond donors (Lipinski definition) is 2. The number of benzene rings is 1. The number of hydrogen-bond acceptors (Lipinski definition) is 4. The maximum absolute atomic E-state index is 12.4. The van der Waals surface area contributed by atoms with Gasteiger partial charge in [0, 0.05) is 15.8 Å². The molecular weight excluding hydrogens is 360 g/mol. The predicted octanol–water partition coefficient (Wildman–Crippen LogP) is 2.98. The van der Waals surface area contributed by atoms with Gasteiger partial charge in [-0.3, -0.25) is 0 Å². The van der Waals surface area contributed by atoms with E-state index in [4.69, 9.17) is 5.73 Å². The number of nitrogens with one attached hydrogen (secondary N) is 1. The van der Waals surface area contributed by atoms with Crippen molar-refractivity contribution in [2.75, 3.05) is 12.0 Å². The molecule has 0 saturated heterocycles. The van der Waals surface area contributed by atoms with Crippen molar-refractivity contribution in [3.05, 3.63) is 22.7 Å². The minimum Gasteiger partial charge on any atom is -0.398 e. The molecule has 1 aliphatic rings. The topological polar surface area (TPSA) is 72.2 Å². The molecule has 0 amide bonds. The molecule has 7 heteroatoms. The van der Waals surface area contributed by atoms with Crippen molar-refractivity contribution in [1.82, 2.24) is 4.72 Å². The lowest BCUT2D eigenvalue weighted by Gasteiger charge is -2.28. The van der Waals surface area contributed by atoms with Gasteiger partial charge in [0.05, 0.1) is 5.69 Å². The van der Waals surface area contributed by atoms with Crippen LogP contribution in [-0.2, 0) is 10.0 Å². The molecule has 0 bridgehead atoms.